The number of ether oxygens (including phenoxy) is 1. The number of piperazine rings is 1. The molecule has 1 saturated heterocycles. The number of alkyl halides is 2. The van der Waals surface area contributed by atoms with Gasteiger partial charge in [0.15, 0.2) is 0 Å². The Balaban J connectivity index is 2.15. The van der Waals surface area contributed by atoms with Crippen molar-refractivity contribution in [2.75, 3.05) is 37.7 Å². The number of anilines is 1. The molecule has 0 aromatic heterocycles. The van der Waals surface area contributed by atoms with Gasteiger partial charge in [-0.15, -0.1) is 0 Å². The summed E-state index contributed by atoms with van der Waals surface area (Å²) in [6.45, 7) is 6.30. The van der Waals surface area contributed by atoms with Crippen LogP contribution in [0.5, 0.6) is 0 Å². The number of nitrogens with zero attached hydrogens (tertiary/aromatic N) is 2. The van der Waals surface area contributed by atoms with E-state index in [2.05, 4.69) is 11.9 Å². The minimum absolute atomic E-state index is 0.267. The lowest BCUT2D eigenvalue weighted by atomic mass is 10.1. The van der Waals surface area contributed by atoms with E-state index in [1.165, 1.54) is 0 Å². The van der Waals surface area contributed by atoms with Gasteiger partial charge in [-0.2, -0.15) is 0 Å². The van der Waals surface area contributed by atoms with Crippen molar-refractivity contribution in [1.82, 2.24) is 10.2 Å². The highest BCUT2D eigenvalue weighted by Crippen LogP contribution is 2.21. The van der Waals surface area contributed by atoms with E-state index in [0.717, 1.165) is 11.8 Å². The number of nitrogens with one attached hydrogen (secondary N) is 1. The zero-order valence-corrected chi connectivity index (χ0v) is 14.7. The molecule has 0 aliphatic carbocycles. The molecule has 1 heterocycles. The summed E-state index contributed by atoms with van der Waals surface area (Å²) < 4.78 is 30.3. The molecule has 1 aliphatic rings. The van der Waals surface area contributed by atoms with Gasteiger partial charge < -0.3 is 15.0 Å². The van der Waals surface area contributed by atoms with Crippen LogP contribution >= 0.6 is 0 Å². The van der Waals surface area contributed by atoms with Crippen LogP contribution in [0.25, 0.3) is 0 Å². The Labute approximate surface area is 151 Å². The summed E-state index contributed by atoms with van der Waals surface area (Å²) in [6, 6.07) is 6.79. The second kappa shape index (κ2) is 9.28. The monoisotopic (exact) mass is 367 g/mol. The zero-order valence-electron chi connectivity index (χ0n) is 14.7. The molecular formula is C18H23F2N3O3. The molecule has 1 amide bonds. The Morgan fingerprint density at radius 3 is 2.62 bits per heavy atom. The number of esters is 1. The van der Waals surface area contributed by atoms with Gasteiger partial charge in [0.25, 0.3) is 6.43 Å². The summed E-state index contributed by atoms with van der Waals surface area (Å²) in [4.78, 5) is 27.0. The fourth-order valence-electron chi connectivity index (χ4n) is 2.86. The van der Waals surface area contributed by atoms with Crippen molar-refractivity contribution in [2.45, 2.75) is 19.5 Å². The quantitative estimate of drug-likeness (QED) is 0.589. The first-order chi connectivity index (χ1) is 12.4. The third-order valence-electron chi connectivity index (χ3n) is 4.07. The Bertz CT molecular complexity index is 637. The lowest BCUT2D eigenvalue weighted by Gasteiger charge is -2.42. The number of hydrogen-bond acceptors (Lipinski definition) is 5. The zero-order chi connectivity index (χ0) is 19.1. The number of rotatable bonds is 7. The van der Waals surface area contributed by atoms with Gasteiger partial charge >= 0.3 is 5.97 Å². The van der Waals surface area contributed by atoms with Crippen LogP contribution in [0.4, 0.5) is 14.5 Å². The van der Waals surface area contributed by atoms with E-state index in [0.29, 0.717) is 25.3 Å². The number of benzene rings is 1. The van der Waals surface area contributed by atoms with Gasteiger partial charge in [0.1, 0.15) is 6.17 Å². The number of hydrogen-bond donors (Lipinski definition) is 1. The van der Waals surface area contributed by atoms with Crippen molar-refractivity contribution in [1.29, 1.82) is 0 Å². The minimum Gasteiger partial charge on any atom is -0.462 e. The Morgan fingerprint density at radius 2 is 2.04 bits per heavy atom. The molecule has 1 N–H and O–H groups in total. The third-order valence-corrected chi connectivity index (χ3v) is 4.07. The number of carbonyl (C=O) groups is 2. The maximum absolute atomic E-state index is 12.7. The first kappa shape index (κ1) is 19.8. The largest absolute Gasteiger partial charge is 0.462 e. The predicted octanol–water partition coefficient (Wildman–Crippen LogP) is 1.88. The SMILES string of the molecule is C=CC(=O)NC1CN(CC(F)F)CCN1c1ccc(C(=O)OCC)cc1. The second-order valence-electron chi connectivity index (χ2n) is 5.84. The van der Waals surface area contributed by atoms with E-state index < -0.39 is 18.6 Å². The lowest BCUT2D eigenvalue weighted by Crippen LogP contribution is -2.60. The molecule has 1 unspecified atom stereocenters. The average molecular weight is 367 g/mol. The van der Waals surface area contributed by atoms with Crippen molar-refractivity contribution in [3.8, 4) is 0 Å². The summed E-state index contributed by atoms with van der Waals surface area (Å²) in [6.07, 6.45) is -1.75. The smallest absolute Gasteiger partial charge is 0.338 e. The lowest BCUT2D eigenvalue weighted by molar-refractivity contribution is -0.117. The molecule has 26 heavy (non-hydrogen) atoms. The highest BCUT2D eigenvalue weighted by atomic mass is 19.3. The first-order valence-electron chi connectivity index (χ1n) is 8.41. The van der Waals surface area contributed by atoms with Gasteiger partial charge in [0.2, 0.25) is 5.91 Å². The van der Waals surface area contributed by atoms with E-state index in [1.807, 2.05) is 4.90 Å². The third kappa shape index (κ3) is 5.26. The average Bonchev–Trinajstić information content (AvgIpc) is 2.62. The molecule has 1 aliphatic heterocycles. The van der Waals surface area contributed by atoms with Gasteiger partial charge in [-0.05, 0) is 37.3 Å². The molecule has 1 atom stereocenters. The standard InChI is InChI=1S/C18H23F2N3O3/c1-3-17(24)21-16-12-22(11-15(19)20)9-10-23(16)14-7-5-13(6-8-14)18(25)26-4-2/h3,5-8,15-16H,1,4,9-12H2,2H3,(H,21,24). The van der Waals surface area contributed by atoms with Crippen LogP contribution in [0, 0.1) is 0 Å². The summed E-state index contributed by atoms with van der Waals surface area (Å²) in [5, 5.41) is 2.77. The molecule has 2 rings (SSSR count). The maximum atomic E-state index is 12.7. The van der Waals surface area contributed by atoms with Crippen LogP contribution in [0.2, 0.25) is 0 Å². The number of halogens is 2. The van der Waals surface area contributed by atoms with Crippen molar-refractivity contribution < 1.29 is 23.1 Å². The van der Waals surface area contributed by atoms with Gasteiger partial charge in [-0.1, -0.05) is 6.58 Å². The van der Waals surface area contributed by atoms with Gasteiger partial charge in [-0.25, -0.2) is 13.6 Å². The molecular weight excluding hydrogens is 344 g/mol. The molecule has 0 bridgehead atoms. The van der Waals surface area contributed by atoms with Crippen molar-refractivity contribution in [2.24, 2.45) is 0 Å². The fraction of sp³-hybridized carbons (Fsp3) is 0.444. The van der Waals surface area contributed by atoms with Crippen LogP contribution in [0.15, 0.2) is 36.9 Å². The Kier molecular flexibility index (Phi) is 7.08. The molecule has 6 nitrogen and oxygen atoms in total. The first-order valence-corrected chi connectivity index (χ1v) is 8.41. The summed E-state index contributed by atoms with van der Waals surface area (Å²) in [5.41, 5.74) is 1.21. The second-order valence-corrected chi connectivity index (χ2v) is 5.84. The summed E-state index contributed by atoms with van der Waals surface area (Å²) >= 11 is 0. The normalized spacial score (nSPS) is 17.8. The van der Waals surface area contributed by atoms with E-state index in [4.69, 9.17) is 4.74 Å². The number of carbonyl (C=O) groups excluding carboxylic acids is 2. The summed E-state index contributed by atoms with van der Waals surface area (Å²) in [7, 11) is 0. The minimum atomic E-state index is -2.43. The molecule has 8 heteroatoms. The van der Waals surface area contributed by atoms with Gasteiger partial charge in [0, 0.05) is 25.3 Å². The van der Waals surface area contributed by atoms with Gasteiger partial charge in [-0.3, -0.25) is 9.69 Å². The molecule has 0 spiro atoms. The molecule has 1 fully saturated rings. The molecule has 1 aromatic carbocycles. The Morgan fingerprint density at radius 1 is 1.35 bits per heavy atom. The van der Waals surface area contributed by atoms with Crippen molar-refractivity contribution in [3.63, 3.8) is 0 Å². The van der Waals surface area contributed by atoms with E-state index in [1.54, 1.807) is 36.1 Å². The molecule has 1 aromatic rings. The Hall–Kier alpha value is -2.48. The summed E-state index contributed by atoms with van der Waals surface area (Å²) in [5.74, 6) is -0.778. The van der Waals surface area contributed by atoms with Crippen molar-refractivity contribution >= 4 is 17.6 Å². The highest BCUT2D eigenvalue weighted by Gasteiger charge is 2.29. The number of amides is 1. The van der Waals surface area contributed by atoms with Crippen LogP contribution in [-0.2, 0) is 9.53 Å². The van der Waals surface area contributed by atoms with Crippen LogP contribution in [0.3, 0.4) is 0 Å². The molecule has 0 saturated carbocycles. The van der Waals surface area contributed by atoms with E-state index in [9.17, 15) is 18.4 Å². The highest BCUT2D eigenvalue weighted by molar-refractivity contribution is 5.90. The van der Waals surface area contributed by atoms with Crippen LogP contribution in [0.1, 0.15) is 17.3 Å². The van der Waals surface area contributed by atoms with E-state index >= 15 is 0 Å². The fourth-order valence-corrected chi connectivity index (χ4v) is 2.86. The van der Waals surface area contributed by atoms with Gasteiger partial charge in [0.05, 0.1) is 18.7 Å². The van der Waals surface area contributed by atoms with Crippen LogP contribution in [-0.4, -0.2) is 62.2 Å². The van der Waals surface area contributed by atoms with E-state index in [-0.39, 0.29) is 19.0 Å². The maximum Gasteiger partial charge on any atom is 0.338 e. The molecule has 142 valence electrons. The topological polar surface area (TPSA) is 61.9 Å². The predicted molar refractivity (Wildman–Crippen MR) is 94.3 cm³/mol. The van der Waals surface area contributed by atoms with Crippen molar-refractivity contribution in [3.05, 3.63) is 42.5 Å². The van der Waals surface area contributed by atoms with Crippen LogP contribution < -0.4 is 10.2 Å². The molecule has 0 radical (unpaired) electrons.